The van der Waals surface area contributed by atoms with Crippen LogP contribution in [0.25, 0.3) is 0 Å². The molecule has 0 bridgehead atoms. The molecule has 0 aromatic carbocycles. The van der Waals surface area contributed by atoms with Crippen molar-refractivity contribution < 1.29 is 10.2 Å². The van der Waals surface area contributed by atoms with Gasteiger partial charge in [-0.3, -0.25) is 9.80 Å². The Morgan fingerprint density at radius 1 is 1.00 bits per heavy atom. The van der Waals surface area contributed by atoms with E-state index in [9.17, 15) is 10.2 Å². The van der Waals surface area contributed by atoms with Crippen LogP contribution in [0.2, 0.25) is 0 Å². The van der Waals surface area contributed by atoms with Crippen molar-refractivity contribution >= 4 is 11.3 Å². The first-order valence-corrected chi connectivity index (χ1v) is 9.43. The van der Waals surface area contributed by atoms with E-state index in [0.717, 1.165) is 24.5 Å². The zero-order chi connectivity index (χ0) is 15.4. The van der Waals surface area contributed by atoms with Crippen molar-refractivity contribution in [1.82, 2.24) is 9.80 Å². The smallest absolute Gasteiger partial charge is 0.106 e. The van der Waals surface area contributed by atoms with Gasteiger partial charge >= 0.3 is 0 Å². The predicted octanol–water partition coefficient (Wildman–Crippen LogP) is 2.22. The van der Waals surface area contributed by atoms with E-state index in [1.54, 1.807) is 11.3 Å². The molecule has 1 aromatic rings. The Kier molecular flexibility index (Phi) is 5.88. The maximum absolute atomic E-state index is 10.7. The molecule has 0 radical (unpaired) electrons. The van der Waals surface area contributed by atoms with Gasteiger partial charge in [0.15, 0.2) is 0 Å². The highest BCUT2D eigenvalue weighted by Gasteiger charge is 2.28. The molecular weight excluding hydrogens is 296 g/mol. The summed E-state index contributed by atoms with van der Waals surface area (Å²) in [7, 11) is 0. The second kappa shape index (κ2) is 7.88. The molecule has 2 N–H and O–H groups in total. The minimum absolute atomic E-state index is 0.0283. The zero-order valence-corrected chi connectivity index (χ0v) is 14.1. The van der Waals surface area contributed by atoms with E-state index >= 15 is 0 Å². The summed E-state index contributed by atoms with van der Waals surface area (Å²) >= 11 is 1.71. The number of likely N-dealkylation sites (tertiary alicyclic amines) is 2. The van der Waals surface area contributed by atoms with E-state index in [1.165, 1.54) is 50.1 Å². The molecule has 2 atom stereocenters. The van der Waals surface area contributed by atoms with Gasteiger partial charge in [0.1, 0.15) is 6.10 Å². The second-order valence-electron chi connectivity index (χ2n) is 6.58. The van der Waals surface area contributed by atoms with Crippen molar-refractivity contribution in [2.75, 3.05) is 32.8 Å². The number of thiophene rings is 1. The van der Waals surface area contributed by atoms with Crippen LogP contribution >= 0.6 is 11.3 Å². The van der Waals surface area contributed by atoms with Crippen LogP contribution in [0.5, 0.6) is 0 Å². The highest BCUT2D eigenvalue weighted by Crippen LogP contribution is 2.30. The lowest BCUT2D eigenvalue weighted by Gasteiger charge is -2.35. The molecule has 3 rings (SSSR count). The van der Waals surface area contributed by atoms with Crippen LogP contribution < -0.4 is 0 Å². The van der Waals surface area contributed by atoms with Crippen molar-refractivity contribution in [2.24, 2.45) is 0 Å². The van der Waals surface area contributed by atoms with Gasteiger partial charge in [0.25, 0.3) is 0 Å². The Morgan fingerprint density at radius 2 is 1.68 bits per heavy atom. The third kappa shape index (κ3) is 3.89. The molecular formula is C17H28N2O2S. The number of aliphatic hydroxyl groups excluding tert-OH is 2. The average molecular weight is 324 g/mol. The van der Waals surface area contributed by atoms with Crippen molar-refractivity contribution in [1.29, 1.82) is 0 Å². The standard InChI is InChI=1S/C17H28N2O2S/c20-13-15(19-10-2-1-3-11-19)17(21)16-7-6-14(22-16)12-18-8-4-5-9-18/h6-7,15,17,20-21H,1-5,8-13H2. The van der Waals surface area contributed by atoms with Crippen molar-refractivity contribution in [3.8, 4) is 0 Å². The van der Waals surface area contributed by atoms with E-state index in [2.05, 4.69) is 15.9 Å². The molecule has 0 aliphatic carbocycles. The van der Waals surface area contributed by atoms with Gasteiger partial charge in [-0.15, -0.1) is 11.3 Å². The maximum atomic E-state index is 10.7. The van der Waals surface area contributed by atoms with E-state index in [-0.39, 0.29) is 12.6 Å². The minimum Gasteiger partial charge on any atom is -0.395 e. The molecule has 2 aliphatic heterocycles. The van der Waals surface area contributed by atoms with Gasteiger partial charge in [-0.25, -0.2) is 0 Å². The van der Waals surface area contributed by atoms with Gasteiger partial charge in [-0.05, 0) is 64.0 Å². The fourth-order valence-electron chi connectivity index (χ4n) is 3.65. The topological polar surface area (TPSA) is 46.9 Å². The van der Waals surface area contributed by atoms with E-state index in [0.29, 0.717) is 0 Å². The van der Waals surface area contributed by atoms with Crippen LogP contribution in [0.1, 0.15) is 48.0 Å². The largest absolute Gasteiger partial charge is 0.395 e. The van der Waals surface area contributed by atoms with Crippen LogP contribution in [-0.4, -0.2) is 58.8 Å². The quantitative estimate of drug-likeness (QED) is 0.842. The number of hydrogen-bond acceptors (Lipinski definition) is 5. The number of nitrogens with zero attached hydrogens (tertiary/aromatic N) is 2. The second-order valence-corrected chi connectivity index (χ2v) is 7.78. The van der Waals surface area contributed by atoms with Crippen molar-refractivity contribution in [3.05, 3.63) is 21.9 Å². The first-order valence-electron chi connectivity index (χ1n) is 8.62. The average Bonchev–Trinajstić information content (AvgIpc) is 3.21. The third-order valence-corrected chi connectivity index (χ3v) is 6.10. The molecule has 2 unspecified atom stereocenters. The molecule has 3 heterocycles. The molecule has 22 heavy (non-hydrogen) atoms. The Hall–Kier alpha value is -0.460. The minimum atomic E-state index is -0.569. The Bertz CT molecular complexity index is 453. The lowest BCUT2D eigenvalue weighted by Crippen LogP contribution is -2.44. The first kappa shape index (κ1) is 16.4. The molecule has 2 fully saturated rings. The Labute approximate surface area is 137 Å². The summed E-state index contributed by atoms with van der Waals surface area (Å²) in [5.41, 5.74) is 0. The van der Waals surface area contributed by atoms with Crippen molar-refractivity contribution in [2.45, 2.75) is 50.8 Å². The molecule has 5 heteroatoms. The molecule has 0 spiro atoms. The van der Waals surface area contributed by atoms with Gasteiger partial charge in [0.05, 0.1) is 12.6 Å². The summed E-state index contributed by atoms with van der Waals surface area (Å²) in [4.78, 5) is 7.06. The summed E-state index contributed by atoms with van der Waals surface area (Å²) in [6, 6.07) is 4.04. The predicted molar refractivity (Wildman–Crippen MR) is 90.1 cm³/mol. The lowest BCUT2D eigenvalue weighted by atomic mass is 10.0. The molecule has 1 aromatic heterocycles. The van der Waals surface area contributed by atoms with Gasteiger partial charge in [-0.2, -0.15) is 0 Å². The van der Waals surface area contributed by atoms with Crippen molar-refractivity contribution in [3.63, 3.8) is 0 Å². The summed E-state index contributed by atoms with van der Waals surface area (Å²) in [6.45, 7) is 5.42. The maximum Gasteiger partial charge on any atom is 0.106 e. The zero-order valence-electron chi connectivity index (χ0n) is 13.3. The SMILES string of the molecule is OCC(C(O)c1ccc(CN2CCCC2)s1)N1CCCCC1. The van der Waals surface area contributed by atoms with Crippen LogP contribution in [0.3, 0.4) is 0 Å². The number of hydrogen-bond donors (Lipinski definition) is 2. The highest BCUT2D eigenvalue weighted by atomic mass is 32.1. The summed E-state index contributed by atoms with van der Waals surface area (Å²) < 4.78 is 0. The van der Waals surface area contributed by atoms with Gasteiger partial charge in [0.2, 0.25) is 0 Å². The molecule has 2 saturated heterocycles. The van der Waals surface area contributed by atoms with Crippen LogP contribution in [0.4, 0.5) is 0 Å². The highest BCUT2D eigenvalue weighted by molar-refractivity contribution is 7.12. The molecule has 4 nitrogen and oxygen atoms in total. The Morgan fingerprint density at radius 3 is 2.36 bits per heavy atom. The molecule has 0 amide bonds. The van der Waals surface area contributed by atoms with Gasteiger partial charge in [0, 0.05) is 16.3 Å². The van der Waals surface area contributed by atoms with Gasteiger partial charge in [-0.1, -0.05) is 6.42 Å². The Balaban J connectivity index is 1.62. The summed E-state index contributed by atoms with van der Waals surface area (Å²) in [6.07, 6.45) is 5.66. The summed E-state index contributed by atoms with van der Waals surface area (Å²) in [5, 5.41) is 20.4. The fraction of sp³-hybridized carbons (Fsp3) is 0.765. The van der Waals surface area contributed by atoms with Crippen LogP contribution in [0, 0.1) is 0 Å². The third-order valence-electron chi connectivity index (χ3n) is 4.96. The molecule has 124 valence electrons. The summed E-state index contributed by atoms with van der Waals surface area (Å²) in [5.74, 6) is 0. The fourth-order valence-corrected chi connectivity index (χ4v) is 4.75. The van der Waals surface area contributed by atoms with Gasteiger partial charge < -0.3 is 10.2 Å². The number of aliphatic hydroxyl groups is 2. The molecule has 0 saturated carbocycles. The number of rotatable bonds is 6. The van der Waals surface area contributed by atoms with Crippen LogP contribution in [0.15, 0.2) is 12.1 Å². The monoisotopic (exact) mass is 324 g/mol. The van der Waals surface area contributed by atoms with E-state index in [1.807, 2.05) is 6.07 Å². The lowest BCUT2D eigenvalue weighted by molar-refractivity contribution is 0.00766. The number of piperidine rings is 1. The van der Waals surface area contributed by atoms with E-state index < -0.39 is 6.10 Å². The molecule has 2 aliphatic rings. The normalized spacial score (nSPS) is 23.7. The first-order chi connectivity index (χ1) is 10.8. The van der Waals surface area contributed by atoms with E-state index in [4.69, 9.17) is 0 Å². The van der Waals surface area contributed by atoms with Crippen LogP contribution in [-0.2, 0) is 6.54 Å².